The van der Waals surface area contributed by atoms with Crippen LogP contribution in [0.2, 0.25) is 0 Å². The van der Waals surface area contributed by atoms with E-state index in [0.717, 1.165) is 18.0 Å². The molecule has 2 heterocycles. The minimum atomic E-state index is -1.02. The summed E-state index contributed by atoms with van der Waals surface area (Å²) in [5, 5.41) is 8.30. The van der Waals surface area contributed by atoms with Gasteiger partial charge in [0.25, 0.3) is 5.91 Å². The summed E-state index contributed by atoms with van der Waals surface area (Å²) in [5.41, 5.74) is 0.598. The maximum Gasteiger partial charge on any atom is 0.254 e. The predicted octanol–water partition coefficient (Wildman–Crippen LogP) is 2.10. The van der Waals surface area contributed by atoms with Gasteiger partial charge in [0.15, 0.2) is 17.5 Å². The van der Waals surface area contributed by atoms with Crippen LogP contribution < -0.4 is 0 Å². The highest BCUT2D eigenvalue weighted by Gasteiger charge is 2.29. The number of nitrogens with zero attached hydrogens (tertiary/aromatic N) is 4. The van der Waals surface area contributed by atoms with E-state index in [1.807, 2.05) is 11.5 Å². The lowest BCUT2D eigenvalue weighted by Gasteiger charge is -2.27. The van der Waals surface area contributed by atoms with E-state index in [4.69, 9.17) is 4.74 Å². The number of hydrogen-bond acceptors (Lipinski definition) is 4. The largest absolute Gasteiger partial charge is 0.377 e. The summed E-state index contributed by atoms with van der Waals surface area (Å²) in [5.74, 6) is -0.778. The number of benzene rings is 1. The highest BCUT2D eigenvalue weighted by molar-refractivity contribution is 5.95. The van der Waals surface area contributed by atoms with Crippen LogP contribution in [0.3, 0.4) is 0 Å². The fourth-order valence-electron chi connectivity index (χ4n) is 3.15. The van der Waals surface area contributed by atoms with E-state index >= 15 is 0 Å². The van der Waals surface area contributed by atoms with Crippen molar-refractivity contribution >= 4 is 5.91 Å². The van der Waals surface area contributed by atoms with Gasteiger partial charge in [-0.3, -0.25) is 4.79 Å². The van der Waals surface area contributed by atoms with Crippen molar-refractivity contribution in [3.05, 3.63) is 46.5 Å². The van der Waals surface area contributed by atoms with E-state index < -0.39 is 11.6 Å². The molecule has 8 heteroatoms. The Balaban J connectivity index is 1.87. The average Bonchev–Trinajstić information content (AvgIpc) is 2.84. The molecule has 0 saturated carbocycles. The van der Waals surface area contributed by atoms with Crippen molar-refractivity contribution < 1.29 is 18.3 Å². The van der Waals surface area contributed by atoms with Gasteiger partial charge in [-0.1, -0.05) is 0 Å². The summed E-state index contributed by atoms with van der Waals surface area (Å²) in [4.78, 5) is 14.6. The van der Waals surface area contributed by atoms with Crippen LogP contribution in [0.15, 0.2) is 12.1 Å². The highest BCUT2D eigenvalue weighted by Crippen LogP contribution is 2.21. The van der Waals surface area contributed by atoms with Gasteiger partial charge in [-0.25, -0.2) is 8.78 Å². The molecule has 1 amide bonds. The lowest BCUT2D eigenvalue weighted by atomic mass is 10.1. The number of rotatable bonds is 3. The molecule has 0 aliphatic carbocycles. The summed E-state index contributed by atoms with van der Waals surface area (Å²) >= 11 is 0. The van der Waals surface area contributed by atoms with Crippen molar-refractivity contribution in [2.45, 2.75) is 39.5 Å². The van der Waals surface area contributed by atoms with Crippen LogP contribution in [0.25, 0.3) is 0 Å². The molecule has 3 rings (SSSR count). The van der Waals surface area contributed by atoms with Crippen molar-refractivity contribution in [3.63, 3.8) is 0 Å². The van der Waals surface area contributed by atoms with Crippen molar-refractivity contribution in [3.8, 4) is 0 Å². The third-order valence-electron chi connectivity index (χ3n) is 4.51. The number of aromatic nitrogens is 3. The maximum absolute atomic E-state index is 13.6. The number of halogens is 2. The fraction of sp³-hybridized carbons (Fsp3) is 0.471. The molecule has 1 atom stereocenters. The highest BCUT2D eigenvalue weighted by atomic mass is 19.2. The second-order valence-corrected chi connectivity index (χ2v) is 6.25. The zero-order valence-corrected chi connectivity index (χ0v) is 14.4. The van der Waals surface area contributed by atoms with Crippen LogP contribution in [-0.2, 0) is 24.3 Å². The van der Waals surface area contributed by atoms with Crippen molar-refractivity contribution in [1.82, 2.24) is 19.7 Å². The smallest absolute Gasteiger partial charge is 0.254 e. The second-order valence-electron chi connectivity index (χ2n) is 6.25. The fourth-order valence-corrected chi connectivity index (χ4v) is 3.15. The van der Waals surface area contributed by atoms with Crippen LogP contribution in [0.5, 0.6) is 0 Å². The second kappa shape index (κ2) is 6.87. The molecule has 2 aromatic rings. The molecule has 0 spiro atoms. The maximum atomic E-state index is 13.6. The molecule has 0 bridgehead atoms. The number of carbonyl (C=O) groups is 1. The number of ether oxygens (including phenoxy) is 1. The topological polar surface area (TPSA) is 60.3 Å². The number of fused-ring (bicyclic) bond motifs is 1. The first-order valence-electron chi connectivity index (χ1n) is 8.09. The summed E-state index contributed by atoms with van der Waals surface area (Å²) in [6.07, 6.45) is 0.533. The van der Waals surface area contributed by atoms with Crippen LogP contribution in [0.4, 0.5) is 8.78 Å². The van der Waals surface area contributed by atoms with E-state index in [1.54, 1.807) is 18.9 Å². The Hall–Kier alpha value is -2.35. The lowest BCUT2D eigenvalue weighted by molar-refractivity contribution is 0.0693. The van der Waals surface area contributed by atoms with Gasteiger partial charge in [-0.2, -0.15) is 0 Å². The van der Waals surface area contributed by atoms with Crippen LogP contribution in [-0.4, -0.2) is 45.3 Å². The number of amides is 1. The molecule has 134 valence electrons. The Labute approximate surface area is 144 Å². The van der Waals surface area contributed by atoms with Gasteiger partial charge in [-0.05, 0) is 31.5 Å². The molecule has 25 heavy (non-hydrogen) atoms. The molecule has 1 aliphatic rings. The molecule has 1 aromatic heterocycles. The van der Waals surface area contributed by atoms with Gasteiger partial charge < -0.3 is 14.2 Å². The van der Waals surface area contributed by atoms with Crippen molar-refractivity contribution in [2.75, 3.05) is 13.7 Å². The first-order valence-corrected chi connectivity index (χ1v) is 8.09. The van der Waals surface area contributed by atoms with E-state index in [-0.39, 0.29) is 17.5 Å². The Morgan fingerprint density at radius 1 is 1.28 bits per heavy atom. The molecular weight excluding hydrogens is 330 g/mol. The van der Waals surface area contributed by atoms with Crippen LogP contribution >= 0.6 is 0 Å². The zero-order chi connectivity index (χ0) is 18.1. The summed E-state index contributed by atoms with van der Waals surface area (Å²) in [6, 6.07) is 1.89. The van der Waals surface area contributed by atoms with Gasteiger partial charge in [0.2, 0.25) is 0 Å². The first-order chi connectivity index (χ1) is 11.9. The Bertz CT molecular complexity index is 806. The zero-order valence-electron chi connectivity index (χ0n) is 14.4. The Morgan fingerprint density at radius 3 is 2.72 bits per heavy atom. The van der Waals surface area contributed by atoms with Crippen LogP contribution in [0.1, 0.15) is 34.5 Å². The van der Waals surface area contributed by atoms with E-state index in [2.05, 4.69) is 10.2 Å². The van der Waals surface area contributed by atoms with Crippen molar-refractivity contribution in [1.29, 1.82) is 0 Å². The third-order valence-corrected chi connectivity index (χ3v) is 4.51. The number of aryl methyl sites for hydroxylation is 1. The molecule has 0 N–H and O–H groups in total. The lowest BCUT2D eigenvalue weighted by Crippen LogP contribution is -2.40. The summed E-state index contributed by atoms with van der Waals surface area (Å²) < 4.78 is 34.0. The molecule has 0 unspecified atom stereocenters. The molecule has 0 radical (unpaired) electrons. The van der Waals surface area contributed by atoms with E-state index in [9.17, 15) is 13.6 Å². The quantitative estimate of drug-likeness (QED) is 0.851. The van der Waals surface area contributed by atoms with E-state index in [1.165, 1.54) is 0 Å². The normalized spacial score (nSPS) is 17.3. The van der Waals surface area contributed by atoms with Gasteiger partial charge in [0.05, 0.1) is 0 Å². The Morgan fingerprint density at radius 2 is 2.00 bits per heavy atom. The predicted molar refractivity (Wildman–Crippen MR) is 86.0 cm³/mol. The Kier molecular flexibility index (Phi) is 4.80. The molecule has 0 fully saturated rings. The minimum Gasteiger partial charge on any atom is -0.377 e. The minimum absolute atomic E-state index is 0.138. The molecule has 1 aliphatic heterocycles. The third kappa shape index (κ3) is 3.26. The first kappa shape index (κ1) is 17.5. The molecule has 0 saturated heterocycles. The van der Waals surface area contributed by atoms with Gasteiger partial charge >= 0.3 is 0 Å². The van der Waals surface area contributed by atoms with E-state index in [0.29, 0.717) is 37.5 Å². The monoisotopic (exact) mass is 350 g/mol. The van der Waals surface area contributed by atoms with Gasteiger partial charge in [0, 0.05) is 38.2 Å². The average molecular weight is 350 g/mol. The van der Waals surface area contributed by atoms with Crippen LogP contribution in [0, 0.1) is 18.6 Å². The van der Waals surface area contributed by atoms with Crippen molar-refractivity contribution in [2.24, 2.45) is 0 Å². The molecule has 1 aromatic carbocycles. The summed E-state index contributed by atoms with van der Waals surface area (Å²) in [6.45, 7) is 4.81. The SMILES string of the molecule is COCc1nnc2n1CCN(C(=O)c1cc(F)c(F)cc1C)[C@@H](C)C2. The van der Waals surface area contributed by atoms with Gasteiger partial charge in [-0.15, -0.1) is 10.2 Å². The number of methoxy groups -OCH3 is 1. The summed E-state index contributed by atoms with van der Waals surface area (Å²) in [7, 11) is 1.59. The standard InChI is InChI=1S/C17H20F2N4O2/c1-10-6-13(18)14(19)8-12(10)17(24)22-4-5-23-15(7-11(22)2)20-21-16(23)9-25-3/h6,8,11H,4-5,7,9H2,1-3H3/t11-/m0/s1. The molecule has 6 nitrogen and oxygen atoms in total. The molecular formula is C17H20F2N4O2. The number of carbonyl (C=O) groups excluding carboxylic acids is 1. The van der Waals surface area contributed by atoms with Gasteiger partial charge in [0.1, 0.15) is 12.4 Å². The number of hydrogen-bond donors (Lipinski definition) is 0.